The third kappa shape index (κ3) is 3.29. The SMILES string of the molecule is Cc1cc(I)ccc1NC(c1ccccc1)c1ccco1. The first-order valence-corrected chi connectivity index (χ1v) is 7.93. The van der Waals surface area contributed by atoms with Gasteiger partial charge in [-0.15, -0.1) is 0 Å². The third-order valence-corrected chi connectivity index (χ3v) is 4.12. The number of benzene rings is 2. The van der Waals surface area contributed by atoms with E-state index >= 15 is 0 Å². The third-order valence-electron chi connectivity index (χ3n) is 3.45. The molecule has 3 aromatic rings. The van der Waals surface area contributed by atoms with Gasteiger partial charge < -0.3 is 9.73 Å². The van der Waals surface area contributed by atoms with Crippen molar-refractivity contribution in [3.05, 3.63) is 87.4 Å². The molecule has 3 heteroatoms. The zero-order valence-corrected chi connectivity index (χ0v) is 13.9. The van der Waals surface area contributed by atoms with Crippen LogP contribution in [0.1, 0.15) is 22.9 Å². The Hall–Kier alpha value is -1.75. The van der Waals surface area contributed by atoms with E-state index in [-0.39, 0.29) is 6.04 Å². The summed E-state index contributed by atoms with van der Waals surface area (Å²) in [5.41, 5.74) is 3.54. The molecule has 0 saturated heterocycles. The molecule has 0 amide bonds. The molecule has 0 aliphatic carbocycles. The summed E-state index contributed by atoms with van der Waals surface area (Å²) in [5, 5.41) is 3.60. The molecule has 1 heterocycles. The molecular formula is C18H16INO. The van der Waals surface area contributed by atoms with Gasteiger partial charge in [-0.3, -0.25) is 0 Å². The molecule has 106 valence electrons. The van der Waals surface area contributed by atoms with Crippen LogP contribution in [0.15, 0.2) is 71.3 Å². The maximum atomic E-state index is 5.62. The molecule has 1 atom stereocenters. The molecule has 2 aromatic carbocycles. The van der Waals surface area contributed by atoms with E-state index in [4.69, 9.17) is 4.42 Å². The lowest BCUT2D eigenvalue weighted by molar-refractivity contribution is 0.499. The minimum atomic E-state index is 0.0139. The number of hydrogen-bond donors (Lipinski definition) is 1. The van der Waals surface area contributed by atoms with E-state index in [1.165, 1.54) is 14.7 Å². The highest BCUT2D eigenvalue weighted by atomic mass is 127. The van der Waals surface area contributed by atoms with E-state index in [1.54, 1.807) is 6.26 Å². The van der Waals surface area contributed by atoms with Gasteiger partial charge in [0.15, 0.2) is 0 Å². The fraction of sp³-hybridized carbons (Fsp3) is 0.111. The van der Waals surface area contributed by atoms with Gasteiger partial charge in [-0.25, -0.2) is 0 Å². The minimum absolute atomic E-state index is 0.0139. The molecule has 0 aliphatic heterocycles. The molecule has 0 spiro atoms. The normalized spacial score (nSPS) is 12.1. The number of rotatable bonds is 4. The highest BCUT2D eigenvalue weighted by Gasteiger charge is 2.17. The van der Waals surface area contributed by atoms with Crippen LogP contribution in [-0.4, -0.2) is 0 Å². The van der Waals surface area contributed by atoms with E-state index < -0.39 is 0 Å². The summed E-state index contributed by atoms with van der Waals surface area (Å²) in [6.45, 7) is 2.12. The molecule has 0 aliphatic rings. The molecule has 21 heavy (non-hydrogen) atoms. The monoisotopic (exact) mass is 389 g/mol. The van der Waals surface area contributed by atoms with Crippen LogP contribution in [-0.2, 0) is 0 Å². The van der Waals surface area contributed by atoms with Crippen LogP contribution < -0.4 is 5.32 Å². The van der Waals surface area contributed by atoms with Crippen molar-refractivity contribution in [3.63, 3.8) is 0 Å². The Bertz CT molecular complexity index is 707. The molecule has 1 aromatic heterocycles. The summed E-state index contributed by atoms with van der Waals surface area (Å²) < 4.78 is 6.86. The summed E-state index contributed by atoms with van der Waals surface area (Å²) in [6, 6.07) is 20.7. The lowest BCUT2D eigenvalue weighted by Gasteiger charge is -2.20. The Morgan fingerprint density at radius 2 is 1.81 bits per heavy atom. The number of hydrogen-bond acceptors (Lipinski definition) is 2. The number of aryl methyl sites for hydroxylation is 1. The Labute approximate surface area is 138 Å². The van der Waals surface area contributed by atoms with E-state index in [0.29, 0.717) is 0 Å². The lowest BCUT2D eigenvalue weighted by atomic mass is 10.0. The van der Waals surface area contributed by atoms with E-state index in [0.717, 1.165) is 11.4 Å². The Morgan fingerprint density at radius 1 is 1.00 bits per heavy atom. The topological polar surface area (TPSA) is 25.2 Å². The van der Waals surface area contributed by atoms with Crippen molar-refractivity contribution in [3.8, 4) is 0 Å². The maximum Gasteiger partial charge on any atom is 0.130 e. The first-order chi connectivity index (χ1) is 10.2. The maximum absolute atomic E-state index is 5.62. The standard InChI is InChI=1S/C18H16INO/c1-13-12-15(19)9-10-16(13)20-18(17-8-5-11-21-17)14-6-3-2-4-7-14/h2-12,18,20H,1H3. The van der Waals surface area contributed by atoms with Crippen molar-refractivity contribution in [2.45, 2.75) is 13.0 Å². The van der Waals surface area contributed by atoms with Crippen LogP contribution in [0, 0.1) is 10.5 Å². The summed E-state index contributed by atoms with van der Waals surface area (Å²) in [4.78, 5) is 0. The average Bonchev–Trinajstić information content (AvgIpc) is 3.01. The van der Waals surface area contributed by atoms with Crippen molar-refractivity contribution in [1.82, 2.24) is 0 Å². The predicted octanol–water partition coefficient (Wildman–Crippen LogP) is 5.39. The summed E-state index contributed by atoms with van der Waals surface area (Å²) >= 11 is 2.33. The van der Waals surface area contributed by atoms with Gasteiger partial charge in [-0.1, -0.05) is 30.3 Å². The van der Waals surface area contributed by atoms with Gasteiger partial charge in [0.1, 0.15) is 11.8 Å². The molecule has 0 saturated carbocycles. The van der Waals surface area contributed by atoms with Crippen molar-refractivity contribution >= 4 is 28.3 Å². The van der Waals surface area contributed by atoms with Crippen LogP contribution in [0.25, 0.3) is 0 Å². The van der Waals surface area contributed by atoms with Crippen molar-refractivity contribution in [2.75, 3.05) is 5.32 Å². The first kappa shape index (κ1) is 14.2. The minimum Gasteiger partial charge on any atom is -0.467 e. The van der Waals surface area contributed by atoms with E-state index in [2.05, 4.69) is 65.2 Å². The smallest absolute Gasteiger partial charge is 0.130 e. The molecule has 0 fully saturated rings. The highest BCUT2D eigenvalue weighted by molar-refractivity contribution is 14.1. The second-order valence-electron chi connectivity index (χ2n) is 4.96. The second-order valence-corrected chi connectivity index (χ2v) is 6.21. The molecule has 3 rings (SSSR count). The predicted molar refractivity (Wildman–Crippen MR) is 94.5 cm³/mol. The van der Waals surface area contributed by atoms with Gasteiger partial charge in [-0.2, -0.15) is 0 Å². The Morgan fingerprint density at radius 3 is 2.48 bits per heavy atom. The summed E-state index contributed by atoms with van der Waals surface area (Å²) in [7, 11) is 0. The van der Waals surface area contributed by atoms with E-state index in [1.807, 2.05) is 30.3 Å². The zero-order valence-electron chi connectivity index (χ0n) is 11.7. The highest BCUT2D eigenvalue weighted by Crippen LogP contribution is 2.29. The summed E-state index contributed by atoms with van der Waals surface area (Å²) in [6.07, 6.45) is 1.72. The molecule has 1 N–H and O–H groups in total. The van der Waals surface area contributed by atoms with Crippen LogP contribution in [0.2, 0.25) is 0 Å². The van der Waals surface area contributed by atoms with Gasteiger partial charge in [-0.05, 0) is 71.0 Å². The molecule has 0 radical (unpaired) electrons. The Kier molecular flexibility index (Phi) is 4.29. The Balaban J connectivity index is 1.97. The largest absolute Gasteiger partial charge is 0.467 e. The number of halogens is 1. The van der Waals surface area contributed by atoms with E-state index in [9.17, 15) is 0 Å². The van der Waals surface area contributed by atoms with Crippen molar-refractivity contribution < 1.29 is 4.42 Å². The van der Waals surface area contributed by atoms with Gasteiger partial charge >= 0.3 is 0 Å². The van der Waals surface area contributed by atoms with Gasteiger partial charge in [0.25, 0.3) is 0 Å². The van der Waals surface area contributed by atoms with Gasteiger partial charge in [0.2, 0.25) is 0 Å². The number of nitrogens with one attached hydrogen (secondary N) is 1. The number of furan rings is 1. The average molecular weight is 389 g/mol. The first-order valence-electron chi connectivity index (χ1n) is 6.85. The molecule has 1 unspecified atom stereocenters. The quantitative estimate of drug-likeness (QED) is 0.605. The van der Waals surface area contributed by atoms with Crippen LogP contribution >= 0.6 is 22.6 Å². The van der Waals surface area contributed by atoms with Gasteiger partial charge in [0, 0.05) is 9.26 Å². The molecular weight excluding hydrogens is 373 g/mol. The van der Waals surface area contributed by atoms with Crippen LogP contribution in [0.4, 0.5) is 5.69 Å². The lowest BCUT2D eigenvalue weighted by Crippen LogP contribution is -2.12. The fourth-order valence-corrected chi connectivity index (χ4v) is 3.01. The fourth-order valence-electron chi connectivity index (χ4n) is 2.36. The zero-order chi connectivity index (χ0) is 14.7. The van der Waals surface area contributed by atoms with Crippen LogP contribution in [0.3, 0.4) is 0 Å². The van der Waals surface area contributed by atoms with Gasteiger partial charge in [0.05, 0.1) is 6.26 Å². The summed E-state index contributed by atoms with van der Waals surface area (Å²) in [5.74, 6) is 0.916. The molecule has 2 nitrogen and oxygen atoms in total. The number of anilines is 1. The molecule has 0 bridgehead atoms. The van der Waals surface area contributed by atoms with Crippen LogP contribution in [0.5, 0.6) is 0 Å². The van der Waals surface area contributed by atoms with Crippen molar-refractivity contribution in [2.24, 2.45) is 0 Å². The van der Waals surface area contributed by atoms with Crippen molar-refractivity contribution in [1.29, 1.82) is 0 Å². The second kappa shape index (κ2) is 6.35.